The van der Waals surface area contributed by atoms with Gasteiger partial charge in [0.2, 0.25) is 0 Å². The van der Waals surface area contributed by atoms with Crippen molar-refractivity contribution in [3.63, 3.8) is 0 Å². The molecule has 3 heterocycles. The third-order valence-corrected chi connectivity index (χ3v) is 3.94. The van der Waals surface area contributed by atoms with E-state index in [0.717, 1.165) is 36.9 Å². The van der Waals surface area contributed by atoms with E-state index in [0.29, 0.717) is 5.76 Å². The molecule has 10 heteroatoms. The number of imidazole rings is 1. The Morgan fingerprint density at radius 1 is 1.32 bits per heavy atom. The first-order valence-electron chi connectivity index (χ1n) is 8.74. The molecule has 1 aliphatic heterocycles. The molecule has 154 valence electrons. The Hall–Kier alpha value is -3.14. The lowest BCUT2D eigenvalue weighted by Crippen LogP contribution is -2.27. The number of nitrogens with zero attached hydrogens (tertiary/aromatic N) is 2. The Morgan fingerprint density at radius 2 is 1.93 bits per heavy atom. The number of furan rings is 1. The second kappa shape index (κ2) is 12.3. The number of aryl methyl sites for hydroxylation is 1. The van der Waals surface area contributed by atoms with Crippen molar-refractivity contribution in [1.82, 2.24) is 20.2 Å². The molecule has 1 unspecified atom stereocenters. The number of aromatic amines is 1. The molecule has 2 aromatic rings. The van der Waals surface area contributed by atoms with Crippen molar-refractivity contribution in [3.8, 4) is 0 Å². The highest BCUT2D eigenvalue weighted by atomic mass is 16.4. The van der Waals surface area contributed by atoms with Crippen LogP contribution in [0.25, 0.3) is 0 Å². The van der Waals surface area contributed by atoms with Crippen molar-refractivity contribution in [2.75, 3.05) is 13.1 Å². The van der Waals surface area contributed by atoms with E-state index in [2.05, 4.69) is 20.2 Å². The largest absolute Gasteiger partial charge is 0.483 e. The zero-order chi connectivity index (χ0) is 20.9. The summed E-state index contributed by atoms with van der Waals surface area (Å²) in [7, 11) is 0. The Labute approximate surface area is 162 Å². The van der Waals surface area contributed by atoms with Gasteiger partial charge in [-0.2, -0.15) is 0 Å². The quantitative estimate of drug-likeness (QED) is 0.561. The summed E-state index contributed by atoms with van der Waals surface area (Å²) in [5.41, 5.74) is 0.974. The third kappa shape index (κ3) is 7.62. The summed E-state index contributed by atoms with van der Waals surface area (Å²) in [4.78, 5) is 38.6. The normalized spacial score (nSPS) is 14.1. The summed E-state index contributed by atoms with van der Waals surface area (Å²) >= 11 is 0. The summed E-state index contributed by atoms with van der Waals surface area (Å²) in [6.07, 6.45) is 4.24. The maximum atomic E-state index is 12.2. The average Bonchev–Trinajstić information content (AvgIpc) is 3.39. The van der Waals surface area contributed by atoms with E-state index in [1.165, 1.54) is 12.8 Å². The molecule has 1 saturated heterocycles. The van der Waals surface area contributed by atoms with Crippen LogP contribution < -0.4 is 5.32 Å². The molecule has 28 heavy (non-hydrogen) atoms. The van der Waals surface area contributed by atoms with Crippen molar-refractivity contribution in [3.05, 3.63) is 41.4 Å². The van der Waals surface area contributed by atoms with Crippen molar-refractivity contribution >= 4 is 18.9 Å². The molecule has 4 N–H and O–H groups in total. The van der Waals surface area contributed by atoms with Gasteiger partial charge in [0.05, 0.1) is 12.6 Å². The molecular formula is C18H26N4O6. The molecule has 0 aromatic carbocycles. The highest BCUT2D eigenvalue weighted by molar-refractivity contribution is 5.91. The molecule has 1 aliphatic rings. The number of carbonyl (C=O) groups excluding carboxylic acids is 1. The molecule has 1 fully saturated rings. The monoisotopic (exact) mass is 394 g/mol. The number of rotatable bonds is 5. The van der Waals surface area contributed by atoms with Crippen LogP contribution in [0.4, 0.5) is 0 Å². The number of amides is 1. The summed E-state index contributed by atoms with van der Waals surface area (Å²) in [5.74, 6) is 1.72. The molecule has 1 atom stereocenters. The van der Waals surface area contributed by atoms with E-state index in [1.807, 2.05) is 19.9 Å². The summed E-state index contributed by atoms with van der Waals surface area (Å²) in [6, 6.07) is 3.43. The van der Waals surface area contributed by atoms with Crippen LogP contribution in [0.1, 0.15) is 53.6 Å². The standard InChI is InChI=1S/C16H22N4O2.2CH2O2/c1-11-9-17-15(18-11)12(2)19-16(21)14-6-5-13(22-14)10-20-7-3-4-8-20;2*2-1-3/h5-6,9,12H,3-4,7-8,10H2,1-2H3,(H,17,18)(H,19,21);2*1H,(H,2,3). The first-order valence-corrected chi connectivity index (χ1v) is 8.74. The van der Waals surface area contributed by atoms with E-state index in [-0.39, 0.29) is 24.9 Å². The molecule has 0 saturated carbocycles. The summed E-state index contributed by atoms with van der Waals surface area (Å²) in [6.45, 7) is 6.32. The van der Waals surface area contributed by atoms with Crippen LogP contribution in [0, 0.1) is 6.92 Å². The van der Waals surface area contributed by atoms with Gasteiger partial charge in [0.15, 0.2) is 5.76 Å². The first kappa shape index (κ1) is 22.9. The zero-order valence-electron chi connectivity index (χ0n) is 15.9. The van der Waals surface area contributed by atoms with Crippen molar-refractivity contribution < 1.29 is 29.0 Å². The van der Waals surface area contributed by atoms with E-state index in [1.54, 1.807) is 12.3 Å². The van der Waals surface area contributed by atoms with E-state index in [9.17, 15) is 4.79 Å². The van der Waals surface area contributed by atoms with Gasteiger partial charge in [-0.3, -0.25) is 19.3 Å². The van der Waals surface area contributed by atoms with Crippen LogP contribution in [0.5, 0.6) is 0 Å². The molecule has 2 aromatic heterocycles. The Morgan fingerprint density at radius 3 is 2.46 bits per heavy atom. The lowest BCUT2D eigenvalue weighted by Gasteiger charge is -2.12. The Kier molecular flexibility index (Phi) is 10.0. The van der Waals surface area contributed by atoms with Gasteiger partial charge < -0.3 is 24.9 Å². The minimum Gasteiger partial charge on any atom is -0.483 e. The molecule has 0 radical (unpaired) electrons. The van der Waals surface area contributed by atoms with E-state index < -0.39 is 0 Å². The van der Waals surface area contributed by atoms with Crippen molar-refractivity contribution in [2.24, 2.45) is 0 Å². The van der Waals surface area contributed by atoms with Crippen LogP contribution in [-0.2, 0) is 16.1 Å². The number of H-pyrrole nitrogens is 1. The van der Waals surface area contributed by atoms with Gasteiger partial charge in [-0.15, -0.1) is 0 Å². The van der Waals surface area contributed by atoms with Crippen molar-refractivity contribution in [2.45, 2.75) is 39.3 Å². The SMILES string of the molecule is Cc1cnc(C(C)NC(=O)c2ccc(CN3CCCC3)o2)[nH]1.O=CO.O=CO. The third-order valence-electron chi connectivity index (χ3n) is 3.94. The maximum absolute atomic E-state index is 12.2. The van der Waals surface area contributed by atoms with Crippen LogP contribution in [-0.4, -0.2) is 57.0 Å². The van der Waals surface area contributed by atoms with Crippen LogP contribution in [0.15, 0.2) is 22.7 Å². The van der Waals surface area contributed by atoms with Gasteiger partial charge in [-0.1, -0.05) is 0 Å². The molecule has 0 aliphatic carbocycles. The van der Waals surface area contributed by atoms with E-state index >= 15 is 0 Å². The summed E-state index contributed by atoms with van der Waals surface area (Å²) in [5, 5.41) is 16.7. The van der Waals surface area contributed by atoms with Gasteiger partial charge >= 0.3 is 0 Å². The van der Waals surface area contributed by atoms with Gasteiger partial charge in [0.1, 0.15) is 11.6 Å². The molecule has 3 rings (SSSR count). The minimum atomic E-state index is -0.250. The second-order valence-electron chi connectivity index (χ2n) is 6.11. The smallest absolute Gasteiger partial charge is 0.290 e. The highest BCUT2D eigenvalue weighted by Crippen LogP contribution is 2.16. The van der Waals surface area contributed by atoms with Crippen LogP contribution >= 0.6 is 0 Å². The van der Waals surface area contributed by atoms with Gasteiger partial charge in [-0.25, -0.2) is 4.98 Å². The molecular weight excluding hydrogens is 368 g/mol. The second-order valence-corrected chi connectivity index (χ2v) is 6.11. The fourth-order valence-electron chi connectivity index (χ4n) is 2.74. The maximum Gasteiger partial charge on any atom is 0.290 e. The van der Waals surface area contributed by atoms with Crippen LogP contribution in [0.2, 0.25) is 0 Å². The van der Waals surface area contributed by atoms with Crippen LogP contribution in [0.3, 0.4) is 0 Å². The topological polar surface area (TPSA) is 149 Å². The van der Waals surface area contributed by atoms with Gasteiger partial charge in [0.25, 0.3) is 18.9 Å². The first-order chi connectivity index (χ1) is 13.4. The molecule has 10 nitrogen and oxygen atoms in total. The lowest BCUT2D eigenvalue weighted by molar-refractivity contribution is -0.123. The molecule has 0 bridgehead atoms. The van der Waals surface area contributed by atoms with E-state index in [4.69, 9.17) is 24.2 Å². The highest BCUT2D eigenvalue weighted by Gasteiger charge is 2.18. The number of aromatic nitrogens is 2. The minimum absolute atomic E-state index is 0.187. The predicted octanol–water partition coefficient (Wildman–Crippen LogP) is 1.80. The number of carbonyl (C=O) groups is 3. The average molecular weight is 394 g/mol. The lowest BCUT2D eigenvalue weighted by atomic mass is 10.3. The predicted molar refractivity (Wildman–Crippen MR) is 99.8 cm³/mol. The number of hydrogen-bond acceptors (Lipinski definition) is 6. The number of carboxylic acid groups (broad SMARTS) is 2. The summed E-state index contributed by atoms with van der Waals surface area (Å²) < 4.78 is 5.67. The van der Waals surface area contributed by atoms with Crippen molar-refractivity contribution in [1.29, 1.82) is 0 Å². The number of hydrogen-bond donors (Lipinski definition) is 4. The van der Waals surface area contributed by atoms with Gasteiger partial charge in [0, 0.05) is 11.9 Å². The zero-order valence-corrected chi connectivity index (χ0v) is 15.9. The van der Waals surface area contributed by atoms with Gasteiger partial charge in [-0.05, 0) is 51.9 Å². The molecule has 1 amide bonds. The Bertz CT molecular complexity index is 730. The number of likely N-dealkylation sites (tertiary alicyclic amines) is 1. The fraction of sp³-hybridized carbons (Fsp3) is 0.444. The fourth-order valence-corrected chi connectivity index (χ4v) is 2.74. The Balaban J connectivity index is 0.000000582. The molecule has 0 spiro atoms. The number of nitrogens with one attached hydrogen (secondary N) is 2.